The summed E-state index contributed by atoms with van der Waals surface area (Å²) in [5.41, 5.74) is 2.57. The number of methoxy groups -OCH3 is 1. The fourth-order valence-corrected chi connectivity index (χ4v) is 5.67. The molecule has 2 bridgehead atoms. The SMILES string of the molecule is COc1ccc2c3c1O[C@H]1C(=O)CC[C@H]4[C@H](C2)N(C)CC[C@]314. The van der Waals surface area contributed by atoms with E-state index < -0.39 is 0 Å². The molecule has 2 fully saturated rings. The third kappa shape index (κ3) is 1.27. The van der Waals surface area contributed by atoms with E-state index in [1.165, 1.54) is 11.1 Å². The number of ether oxygens (including phenoxy) is 2. The smallest absolute Gasteiger partial charge is 0.174 e. The number of carbonyl (C=O) groups is 1. The quantitative estimate of drug-likeness (QED) is 0.794. The molecule has 116 valence electrons. The number of likely N-dealkylation sites (N-methyl/N-ethyl adjacent to an activating group) is 1. The molecule has 0 amide bonds. The molecule has 2 aliphatic carbocycles. The Kier molecular flexibility index (Phi) is 2.38. The monoisotopic (exact) mass is 299 g/mol. The van der Waals surface area contributed by atoms with E-state index in [1.54, 1.807) is 7.11 Å². The number of nitrogens with zero attached hydrogens (tertiary/aromatic N) is 1. The second kappa shape index (κ2) is 4.05. The summed E-state index contributed by atoms with van der Waals surface area (Å²) in [4.78, 5) is 15.1. The molecule has 5 rings (SSSR count). The van der Waals surface area contributed by atoms with Gasteiger partial charge in [-0.1, -0.05) is 6.07 Å². The van der Waals surface area contributed by atoms with Crippen LogP contribution in [0.25, 0.3) is 0 Å². The highest BCUT2D eigenvalue weighted by molar-refractivity contribution is 5.89. The van der Waals surface area contributed by atoms with Crippen LogP contribution in [0.15, 0.2) is 12.1 Å². The van der Waals surface area contributed by atoms with Crippen LogP contribution in [0.2, 0.25) is 0 Å². The molecule has 4 aliphatic rings. The van der Waals surface area contributed by atoms with Crippen LogP contribution < -0.4 is 9.47 Å². The van der Waals surface area contributed by atoms with Gasteiger partial charge in [-0.25, -0.2) is 0 Å². The first-order valence-electron chi connectivity index (χ1n) is 8.27. The zero-order valence-corrected chi connectivity index (χ0v) is 13.1. The predicted octanol–water partition coefficient (Wildman–Crippen LogP) is 1.93. The van der Waals surface area contributed by atoms with Crippen molar-refractivity contribution in [1.82, 2.24) is 4.90 Å². The Morgan fingerprint density at radius 2 is 2.27 bits per heavy atom. The number of piperidine rings is 1. The van der Waals surface area contributed by atoms with Crippen LogP contribution in [-0.4, -0.2) is 43.5 Å². The summed E-state index contributed by atoms with van der Waals surface area (Å²) in [6, 6.07) is 4.73. The number of Topliss-reactive ketones (excluding diaryl/α,β-unsaturated/α-hetero) is 1. The number of hydrogen-bond donors (Lipinski definition) is 0. The Labute approximate surface area is 130 Å². The summed E-state index contributed by atoms with van der Waals surface area (Å²) in [7, 11) is 3.91. The molecule has 4 nitrogen and oxygen atoms in total. The summed E-state index contributed by atoms with van der Waals surface area (Å²) in [6.45, 7) is 1.05. The second-order valence-electron chi connectivity index (χ2n) is 7.28. The van der Waals surface area contributed by atoms with Crippen molar-refractivity contribution in [2.75, 3.05) is 20.7 Å². The number of ketones is 1. The maximum atomic E-state index is 12.6. The van der Waals surface area contributed by atoms with Crippen molar-refractivity contribution in [1.29, 1.82) is 0 Å². The van der Waals surface area contributed by atoms with Gasteiger partial charge < -0.3 is 14.4 Å². The minimum Gasteiger partial charge on any atom is -0.493 e. The summed E-state index contributed by atoms with van der Waals surface area (Å²) >= 11 is 0. The molecule has 1 aromatic carbocycles. The van der Waals surface area contributed by atoms with E-state index in [-0.39, 0.29) is 17.3 Å². The van der Waals surface area contributed by atoms with E-state index in [1.807, 2.05) is 6.07 Å². The van der Waals surface area contributed by atoms with Gasteiger partial charge in [-0.05, 0) is 50.4 Å². The van der Waals surface area contributed by atoms with Crippen LogP contribution in [0.5, 0.6) is 11.5 Å². The molecule has 0 radical (unpaired) electrons. The fourth-order valence-electron chi connectivity index (χ4n) is 5.67. The van der Waals surface area contributed by atoms with E-state index in [0.717, 1.165) is 37.3 Å². The zero-order valence-electron chi connectivity index (χ0n) is 13.1. The lowest BCUT2D eigenvalue weighted by Gasteiger charge is -2.57. The van der Waals surface area contributed by atoms with Gasteiger partial charge in [0.1, 0.15) is 0 Å². The highest BCUT2D eigenvalue weighted by atomic mass is 16.5. The molecular formula is C18H21NO3. The molecule has 0 N–H and O–H groups in total. The lowest BCUT2D eigenvalue weighted by molar-refractivity contribution is -0.138. The predicted molar refractivity (Wildman–Crippen MR) is 81.6 cm³/mol. The maximum absolute atomic E-state index is 12.6. The molecule has 2 heterocycles. The minimum absolute atomic E-state index is 0.0933. The Bertz CT molecular complexity index is 685. The first-order chi connectivity index (χ1) is 10.7. The van der Waals surface area contributed by atoms with Gasteiger partial charge in [-0.2, -0.15) is 0 Å². The van der Waals surface area contributed by atoms with Crippen molar-refractivity contribution < 1.29 is 14.3 Å². The Hall–Kier alpha value is -1.55. The van der Waals surface area contributed by atoms with Gasteiger partial charge in [0.05, 0.1) is 7.11 Å². The van der Waals surface area contributed by atoms with Crippen molar-refractivity contribution in [2.24, 2.45) is 5.92 Å². The number of rotatable bonds is 1. The Morgan fingerprint density at radius 1 is 1.41 bits per heavy atom. The zero-order chi connectivity index (χ0) is 15.1. The molecule has 1 saturated heterocycles. The molecule has 1 aromatic rings. The van der Waals surface area contributed by atoms with Crippen molar-refractivity contribution in [3.63, 3.8) is 0 Å². The molecule has 1 saturated carbocycles. The van der Waals surface area contributed by atoms with E-state index in [0.29, 0.717) is 18.4 Å². The first kappa shape index (κ1) is 12.9. The standard InChI is InChI=1S/C18H21NO3/c1-19-8-7-18-11-4-5-13(20)17(18)22-16-14(21-2)6-3-10(15(16)18)9-12(11)19/h3,6,11-12,17H,4-5,7-9H2,1-2H3/t11-,12-,17-,18-/m0/s1. The topological polar surface area (TPSA) is 38.8 Å². The van der Waals surface area contributed by atoms with Gasteiger partial charge in [-0.15, -0.1) is 0 Å². The van der Waals surface area contributed by atoms with Crippen molar-refractivity contribution >= 4 is 5.78 Å². The van der Waals surface area contributed by atoms with Crippen molar-refractivity contribution in [2.45, 2.75) is 43.2 Å². The van der Waals surface area contributed by atoms with Gasteiger partial charge in [0.25, 0.3) is 0 Å². The van der Waals surface area contributed by atoms with Gasteiger partial charge in [0, 0.05) is 23.4 Å². The highest BCUT2D eigenvalue weighted by Crippen LogP contribution is 2.62. The fraction of sp³-hybridized carbons (Fsp3) is 0.611. The number of likely N-dealkylation sites (tertiary alicyclic amines) is 1. The largest absolute Gasteiger partial charge is 0.493 e. The summed E-state index contributed by atoms with van der Waals surface area (Å²) in [5.74, 6) is 2.46. The summed E-state index contributed by atoms with van der Waals surface area (Å²) in [6.07, 6.45) is 3.47. The average Bonchev–Trinajstić information content (AvgIpc) is 2.88. The normalized spacial score (nSPS) is 38.5. The van der Waals surface area contributed by atoms with E-state index in [2.05, 4.69) is 18.0 Å². The van der Waals surface area contributed by atoms with Crippen LogP contribution in [0.1, 0.15) is 30.4 Å². The molecule has 22 heavy (non-hydrogen) atoms. The molecule has 4 heteroatoms. The van der Waals surface area contributed by atoms with Gasteiger partial charge >= 0.3 is 0 Å². The molecule has 0 aromatic heterocycles. The van der Waals surface area contributed by atoms with E-state index in [9.17, 15) is 4.79 Å². The van der Waals surface area contributed by atoms with Crippen LogP contribution in [-0.2, 0) is 16.6 Å². The number of benzene rings is 1. The minimum atomic E-state index is -0.284. The van der Waals surface area contributed by atoms with Crippen LogP contribution in [0.3, 0.4) is 0 Å². The van der Waals surface area contributed by atoms with Gasteiger partial charge in [0.2, 0.25) is 0 Å². The van der Waals surface area contributed by atoms with Gasteiger partial charge in [-0.3, -0.25) is 4.79 Å². The van der Waals surface area contributed by atoms with Crippen LogP contribution >= 0.6 is 0 Å². The molecule has 1 spiro atoms. The van der Waals surface area contributed by atoms with Crippen LogP contribution in [0.4, 0.5) is 0 Å². The molecule has 2 aliphatic heterocycles. The molecule has 4 atom stereocenters. The summed E-state index contributed by atoms with van der Waals surface area (Å²) in [5, 5.41) is 0. The Balaban J connectivity index is 1.81. The lowest BCUT2D eigenvalue weighted by atomic mass is 9.52. The number of carbonyl (C=O) groups excluding carboxylic acids is 1. The average molecular weight is 299 g/mol. The summed E-state index contributed by atoms with van der Waals surface area (Å²) < 4.78 is 11.8. The van der Waals surface area contributed by atoms with Crippen LogP contribution in [0, 0.1) is 5.92 Å². The number of hydrogen-bond acceptors (Lipinski definition) is 4. The molecular weight excluding hydrogens is 278 g/mol. The van der Waals surface area contributed by atoms with E-state index in [4.69, 9.17) is 9.47 Å². The van der Waals surface area contributed by atoms with Gasteiger partial charge in [0.15, 0.2) is 23.4 Å². The van der Waals surface area contributed by atoms with Crippen molar-refractivity contribution in [3.8, 4) is 11.5 Å². The second-order valence-corrected chi connectivity index (χ2v) is 7.28. The maximum Gasteiger partial charge on any atom is 0.174 e. The first-order valence-corrected chi connectivity index (χ1v) is 8.27. The van der Waals surface area contributed by atoms with Crippen molar-refractivity contribution in [3.05, 3.63) is 23.3 Å². The lowest BCUT2D eigenvalue weighted by Crippen LogP contribution is -2.65. The molecule has 0 unspecified atom stereocenters. The van der Waals surface area contributed by atoms with E-state index >= 15 is 0 Å². The third-order valence-corrected chi connectivity index (χ3v) is 6.59. The Morgan fingerprint density at radius 3 is 3.09 bits per heavy atom. The third-order valence-electron chi connectivity index (χ3n) is 6.59. The highest BCUT2D eigenvalue weighted by Gasteiger charge is 2.65.